The lowest BCUT2D eigenvalue weighted by Crippen LogP contribution is -2.03. The molecule has 0 radical (unpaired) electrons. The Hall–Kier alpha value is -0.830. The fourth-order valence-electron chi connectivity index (χ4n) is 1.07. The molecular weight excluding hydrogens is 208 g/mol. The molecule has 1 heterocycles. The van der Waals surface area contributed by atoms with Gasteiger partial charge in [0.15, 0.2) is 0 Å². The van der Waals surface area contributed by atoms with Crippen LogP contribution in [0.25, 0.3) is 0 Å². The molecule has 0 fully saturated rings. The number of carbonyl (C=O) groups excluding carboxylic acids is 1. The molecular formula is C8H5BrO2. The summed E-state index contributed by atoms with van der Waals surface area (Å²) < 4.78 is 4.93. The molecule has 3 heteroatoms. The van der Waals surface area contributed by atoms with Crippen molar-refractivity contribution in [2.24, 2.45) is 0 Å². The minimum atomic E-state index is -0.279. The minimum absolute atomic E-state index is 0.230. The molecule has 0 saturated carbocycles. The summed E-state index contributed by atoms with van der Waals surface area (Å²) in [6, 6.07) is 7.39. The highest BCUT2D eigenvalue weighted by molar-refractivity contribution is 9.09. The monoisotopic (exact) mass is 212 g/mol. The van der Waals surface area contributed by atoms with Crippen LogP contribution in [0.1, 0.15) is 10.4 Å². The molecule has 11 heavy (non-hydrogen) atoms. The van der Waals surface area contributed by atoms with Crippen molar-refractivity contribution in [1.82, 2.24) is 0 Å². The number of carbonyl (C=O) groups is 1. The normalized spacial score (nSPS) is 21.2. The molecule has 2 rings (SSSR count). The van der Waals surface area contributed by atoms with Crippen molar-refractivity contribution in [3.8, 4) is 5.75 Å². The summed E-state index contributed by atoms with van der Waals surface area (Å²) in [4.78, 5) is 10.7. The van der Waals surface area contributed by atoms with E-state index >= 15 is 0 Å². The van der Waals surface area contributed by atoms with E-state index in [1.807, 2.05) is 18.2 Å². The first-order chi connectivity index (χ1) is 5.29. The Balaban J connectivity index is 2.55. The van der Waals surface area contributed by atoms with Gasteiger partial charge in [-0.15, -0.1) is 0 Å². The maximum absolute atomic E-state index is 11.0. The van der Waals surface area contributed by atoms with E-state index in [0.29, 0.717) is 5.75 Å². The van der Waals surface area contributed by atoms with Crippen LogP contribution in [-0.4, -0.2) is 5.97 Å². The zero-order chi connectivity index (χ0) is 7.84. The average Bonchev–Trinajstić information content (AvgIpc) is 2.30. The first kappa shape index (κ1) is 6.85. The Bertz CT molecular complexity index is 309. The van der Waals surface area contributed by atoms with E-state index in [1.54, 1.807) is 6.07 Å². The lowest BCUT2D eigenvalue weighted by Gasteiger charge is -1.93. The van der Waals surface area contributed by atoms with Gasteiger partial charge in [-0.1, -0.05) is 34.1 Å². The van der Waals surface area contributed by atoms with Crippen LogP contribution in [-0.2, 0) is 4.79 Å². The van der Waals surface area contributed by atoms with Crippen LogP contribution < -0.4 is 4.74 Å². The highest BCUT2D eigenvalue weighted by Crippen LogP contribution is 2.37. The first-order valence-electron chi connectivity index (χ1n) is 3.24. The number of rotatable bonds is 0. The smallest absolute Gasteiger partial charge is 0.329 e. The summed E-state index contributed by atoms with van der Waals surface area (Å²) in [5, 5.41) is 0. The van der Waals surface area contributed by atoms with Gasteiger partial charge < -0.3 is 4.74 Å². The lowest BCUT2D eigenvalue weighted by atomic mass is 10.2. The topological polar surface area (TPSA) is 26.3 Å². The number of ether oxygens (including phenoxy) is 1. The summed E-state index contributed by atoms with van der Waals surface area (Å²) in [6.07, 6.45) is 0. The minimum Gasteiger partial charge on any atom is -0.425 e. The predicted molar refractivity (Wildman–Crippen MR) is 43.7 cm³/mol. The van der Waals surface area contributed by atoms with E-state index in [4.69, 9.17) is 4.74 Å². The van der Waals surface area contributed by atoms with Gasteiger partial charge in [-0.25, -0.2) is 0 Å². The third-order valence-corrected chi connectivity index (χ3v) is 2.48. The van der Waals surface area contributed by atoms with Crippen molar-refractivity contribution < 1.29 is 9.53 Å². The summed E-state index contributed by atoms with van der Waals surface area (Å²) in [5.41, 5.74) is 0.914. The van der Waals surface area contributed by atoms with Crippen molar-refractivity contribution in [2.75, 3.05) is 0 Å². The molecule has 0 amide bonds. The summed E-state index contributed by atoms with van der Waals surface area (Å²) in [5.74, 6) is 0.436. The molecule has 2 nitrogen and oxygen atoms in total. The zero-order valence-corrected chi connectivity index (χ0v) is 7.17. The van der Waals surface area contributed by atoms with E-state index in [1.165, 1.54) is 0 Å². The van der Waals surface area contributed by atoms with Gasteiger partial charge in [-0.05, 0) is 6.07 Å². The van der Waals surface area contributed by atoms with Gasteiger partial charge >= 0.3 is 5.97 Å². The number of fused-ring (bicyclic) bond motifs is 1. The van der Waals surface area contributed by atoms with Gasteiger partial charge in [0.25, 0.3) is 0 Å². The molecule has 0 N–H and O–H groups in total. The molecule has 1 aromatic carbocycles. The highest BCUT2D eigenvalue weighted by Gasteiger charge is 2.29. The summed E-state index contributed by atoms with van der Waals surface area (Å²) >= 11 is 3.23. The molecule has 0 spiro atoms. The largest absolute Gasteiger partial charge is 0.425 e. The average molecular weight is 213 g/mol. The molecule has 1 aliphatic rings. The van der Waals surface area contributed by atoms with Crippen LogP contribution in [0.2, 0.25) is 0 Å². The van der Waals surface area contributed by atoms with Crippen molar-refractivity contribution >= 4 is 21.9 Å². The Kier molecular flexibility index (Phi) is 1.46. The Labute approximate surface area is 72.3 Å². The van der Waals surface area contributed by atoms with Crippen LogP contribution in [0.15, 0.2) is 24.3 Å². The fourth-order valence-corrected chi connectivity index (χ4v) is 1.54. The molecule has 0 bridgehead atoms. The molecule has 0 aliphatic carbocycles. The number of alkyl halides is 1. The molecule has 0 unspecified atom stereocenters. The predicted octanol–water partition coefficient (Wildman–Crippen LogP) is 2.04. The molecule has 0 saturated heterocycles. The zero-order valence-electron chi connectivity index (χ0n) is 5.58. The molecule has 1 aliphatic heterocycles. The second-order valence-corrected chi connectivity index (χ2v) is 3.24. The fraction of sp³-hybridized carbons (Fsp3) is 0.125. The molecule has 0 aromatic heterocycles. The van der Waals surface area contributed by atoms with Crippen molar-refractivity contribution in [3.05, 3.63) is 29.8 Å². The van der Waals surface area contributed by atoms with E-state index in [9.17, 15) is 4.79 Å². The van der Waals surface area contributed by atoms with Crippen LogP contribution in [0.4, 0.5) is 0 Å². The van der Waals surface area contributed by atoms with E-state index < -0.39 is 0 Å². The lowest BCUT2D eigenvalue weighted by molar-refractivity contribution is -0.131. The van der Waals surface area contributed by atoms with Gasteiger partial charge in [0.1, 0.15) is 10.6 Å². The third-order valence-electron chi connectivity index (χ3n) is 1.61. The van der Waals surface area contributed by atoms with Gasteiger partial charge in [-0.3, -0.25) is 4.79 Å². The van der Waals surface area contributed by atoms with Crippen LogP contribution in [0.3, 0.4) is 0 Å². The number of para-hydroxylation sites is 1. The van der Waals surface area contributed by atoms with Crippen molar-refractivity contribution in [2.45, 2.75) is 4.83 Å². The van der Waals surface area contributed by atoms with E-state index in [2.05, 4.69) is 15.9 Å². The number of esters is 1. The SMILES string of the molecule is O=C1Oc2ccccc2[C@@H]1Br. The van der Waals surface area contributed by atoms with Crippen LogP contribution >= 0.6 is 15.9 Å². The second-order valence-electron chi connectivity index (χ2n) is 2.32. The van der Waals surface area contributed by atoms with E-state index in [-0.39, 0.29) is 10.8 Å². The third kappa shape index (κ3) is 0.959. The number of hydrogen-bond acceptors (Lipinski definition) is 2. The van der Waals surface area contributed by atoms with Gasteiger partial charge in [0.2, 0.25) is 0 Å². The Morgan fingerprint density at radius 1 is 1.36 bits per heavy atom. The Morgan fingerprint density at radius 2 is 2.09 bits per heavy atom. The number of halogens is 1. The van der Waals surface area contributed by atoms with Gasteiger partial charge in [-0.2, -0.15) is 0 Å². The highest BCUT2D eigenvalue weighted by atomic mass is 79.9. The maximum Gasteiger partial charge on any atom is 0.329 e. The molecule has 56 valence electrons. The van der Waals surface area contributed by atoms with Crippen LogP contribution in [0, 0.1) is 0 Å². The number of benzene rings is 1. The van der Waals surface area contributed by atoms with Gasteiger partial charge in [0, 0.05) is 5.56 Å². The standard InChI is InChI=1S/C8H5BrO2/c9-7-5-3-1-2-4-6(5)11-8(7)10/h1-4,7H/t7-/m0/s1. The van der Waals surface area contributed by atoms with Crippen LogP contribution in [0.5, 0.6) is 5.75 Å². The molecule has 1 aromatic rings. The quantitative estimate of drug-likeness (QED) is 0.374. The second kappa shape index (κ2) is 2.34. The van der Waals surface area contributed by atoms with E-state index in [0.717, 1.165) is 5.56 Å². The summed E-state index contributed by atoms with van der Waals surface area (Å²) in [7, 11) is 0. The Morgan fingerprint density at radius 3 is 2.82 bits per heavy atom. The van der Waals surface area contributed by atoms with Gasteiger partial charge in [0.05, 0.1) is 0 Å². The number of hydrogen-bond donors (Lipinski definition) is 0. The molecule has 1 atom stereocenters. The first-order valence-corrected chi connectivity index (χ1v) is 4.15. The summed E-state index contributed by atoms with van der Waals surface area (Å²) in [6.45, 7) is 0. The van der Waals surface area contributed by atoms with Crippen molar-refractivity contribution in [1.29, 1.82) is 0 Å². The maximum atomic E-state index is 11.0. The van der Waals surface area contributed by atoms with Crippen molar-refractivity contribution in [3.63, 3.8) is 0 Å².